The Hall–Kier alpha value is -0.700. The van der Waals surface area contributed by atoms with Gasteiger partial charge >= 0.3 is 0 Å². The first-order valence-corrected chi connectivity index (χ1v) is 4.37. The predicted molar refractivity (Wildman–Crippen MR) is 52.2 cm³/mol. The Morgan fingerprint density at radius 1 is 1.58 bits per heavy atom. The number of nitrogens with one attached hydrogen (secondary N) is 1. The highest BCUT2D eigenvalue weighted by atomic mass is 16.3. The van der Waals surface area contributed by atoms with E-state index < -0.39 is 0 Å². The van der Waals surface area contributed by atoms with Crippen LogP contribution < -0.4 is 5.32 Å². The summed E-state index contributed by atoms with van der Waals surface area (Å²) in [5, 5.41) is 12.5. The molecule has 0 amide bonds. The fourth-order valence-electron chi connectivity index (χ4n) is 0.856. The molecule has 12 heavy (non-hydrogen) atoms. The Morgan fingerprint density at radius 2 is 2.17 bits per heavy atom. The molecule has 0 radical (unpaired) electrons. The average molecular weight is 172 g/mol. The van der Waals surface area contributed by atoms with Gasteiger partial charge in [-0.05, 0) is 13.0 Å². The van der Waals surface area contributed by atoms with Crippen LogP contribution in [0.25, 0.3) is 0 Å². The van der Waals surface area contributed by atoms with Crippen molar-refractivity contribution >= 4 is 0 Å². The maximum absolute atomic E-state index is 9.25. The van der Waals surface area contributed by atoms with E-state index in [9.17, 15) is 5.11 Å². The van der Waals surface area contributed by atoms with Crippen LogP contribution in [0.4, 0.5) is 0 Å². The van der Waals surface area contributed by atoms with Crippen LogP contribution in [0.5, 0.6) is 0 Å². The number of hydrogen-bond acceptors (Lipinski definition) is 3. The summed E-state index contributed by atoms with van der Waals surface area (Å²) in [6, 6.07) is 0.506. The summed E-state index contributed by atoms with van der Waals surface area (Å²) in [6.45, 7) is 7.76. The largest absolute Gasteiger partial charge is 0.495 e. The van der Waals surface area contributed by atoms with E-state index in [1.165, 1.54) is 0 Å². The SMILES string of the molecule is C/C=C(/O)N(C)CCNC(C)C. The van der Waals surface area contributed by atoms with Gasteiger partial charge in [-0.2, -0.15) is 0 Å². The molecule has 0 fully saturated rings. The lowest BCUT2D eigenvalue weighted by atomic mass is 10.4. The fourth-order valence-corrected chi connectivity index (χ4v) is 0.856. The van der Waals surface area contributed by atoms with Crippen LogP contribution in [-0.2, 0) is 0 Å². The standard InChI is InChI=1S/C9H20N2O/c1-5-9(12)11(4)7-6-10-8(2)3/h5,8,10,12H,6-7H2,1-4H3/b9-5+. The summed E-state index contributed by atoms with van der Waals surface area (Å²) in [5.74, 6) is 0.334. The van der Waals surface area contributed by atoms with Gasteiger partial charge in [0.2, 0.25) is 0 Å². The Kier molecular flexibility index (Phi) is 5.54. The van der Waals surface area contributed by atoms with E-state index >= 15 is 0 Å². The minimum atomic E-state index is 0.334. The van der Waals surface area contributed by atoms with E-state index in [1.807, 2.05) is 18.9 Å². The van der Waals surface area contributed by atoms with Crippen molar-refractivity contribution in [3.8, 4) is 0 Å². The molecule has 0 spiro atoms. The maximum Gasteiger partial charge on any atom is 0.182 e. The third-order valence-corrected chi connectivity index (χ3v) is 1.65. The molecule has 0 saturated heterocycles. The molecule has 0 bridgehead atoms. The third-order valence-electron chi connectivity index (χ3n) is 1.65. The lowest BCUT2D eigenvalue weighted by molar-refractivity contribution is 0.231. The van der Waals surface area contributed by atoms with Crippen molar-refractivity contribution in [3.63, 3.8) is 0 Å². The number of hydrogen-bond donors (Lipinski definition) is 2. The maximum atomic E-state index is 9.25. The van der Waals surface area contributed by atoms with E-state index in [1.54, 1.807) is 6.08 Å². The predicted octanol–water partition coefficient (Wildman–Crippen LogP) is 1.34. The molecule has 0 saturated carbocycles. The first-order chi connectivity index (χ1) is 5.57. The molecule has 0 aromatic rings. The highest BCUT2D eigenvalue weighted by Gasteiger charge is 1.99. The lowest BCUT2D eigenvalue weighted by Gasteiger charge is -2.18. The third kappa shape index (κ3) is 5.02. The molecule has 0 aliphatic carbocycles. The van der Waals surface area contributed by atoms with Gasteiger partial charge in [-0.15, -0.1) is 0 Å². The monoisotopic (exact) mass is 172 g/mol. The molecule has 0 aromatic heterocycles. The quantitative estimate of drug-likeness (QED) is 0.614. The van der Waals surface area contributed by atoms with E-state index in [2.05, 4.69) is 19.2 Å². The normalized spacial score (nSPS) is 12.2. The van der Waals surface area contributed by atoms with Crippen LogP contribution >= 0.6 is 0 Å². The van der Waals surface area contributed by atoms with Gasteiger partial charge in [0.05, 0.1) is 0 Å². The molecule has 0 aliphatic heterocycles. The van der Waals surface area contributed by atoms with Crippen LogP contribution in [0, 0.1) is 0 Å². The zero-order chi connectivity index (χ0) is 9.56. The summed E-state index contributed by atoms with van der Waals surface area (Å²) in [4.78, 5) is 1.81. The highest BCUT2D eigenvalue weighted by molar-refractivity contribution is 4.85. The van der Waals surface area contributed by atoms with E-state index in [4.69, 9.17) is 0 Å². The Labute approximate surface area is 75.1 Å². The minimum Gasteiger partial charge on any atom is -0.495 e. The molecule has 3 heteroatoms. The first kappa shape index (κ1) is 11.3. The summed E-state index contributed by atoms with van der Waals surface area (Å²) in [5.41, 5.74) is 0. The number of rotatable bonds is 5. The molecule has 0 aliphatic rings. The second kappa shape index (κ2) is 5.89. The number of allylic oxidation sites excluding steroid dienone is 1. The number of aliphatic hydroxyl groups excluding tert-OH is 1. The molecule has 0 heterocycles. The first-order valence-electron chi connectivity index (χ1n) is 4.37. The molecular weight excluding hydrogens is 152 g/mol. The van der Waals surface area contributed by atoms with Crippen molar-refractivity contribution < 1.29 is 5.11 Å². The Balaban J connectivity index is 3.51. The lowest BCUT2D eigenvalue weighted by Crippen LogP contribution is -2.32. The van der Waals surface area contributed by atoms with E-state index in [0.717, 1.165) is 13.1 Å². The van der Waals surface area contributed by atoms with Gasteiger partial charge in [0.1, 0.15) is 0 Å². The van der Waals surface area contributed by atoms with Crippen molar-refractivity contribution in [1.29, 1.82) is 0 Å². The van der Waals surface area contributed by atoms with Gasteiger partial charge in [-0.1, -0.05) is 13.8 Å². The van der Waals surface area contributed by atoms with Crippen LogP contribution in [0.1, 0.15) is 20.8 Å². The van der Waals surface area contributed by atoms with Gasteiger partial charge in [0, 0.05) is 26.2 Å². The summed E-state index contributed by atoms with van der Waals surface area (Å²) in [7, 11) is 1.87. The van der Waals surface area contributed by atoms with Gasteiger partial charge in [0.25, 0.3) is 0 Å². The van der Waals surface area contributed by atoms with Crippen molar-refractivity contribution in [3.05, 3.63) is 12.0 Å². The van der Waals surface area contributed by atoms with Gasteiger partial charge in [-0.25, -0.2) is 0 Å². The molecular formula is C9H20N2O. The zero-order valence-electron chi connectivity index (χ0n) is 8.46. The van der Waals surface area contributed by atoms with Crippen LogP contribution in [0.2, 0.25) is 0 Å². The molecule has 0 atom stereocenters. The second-order valence-electron chi connectivity index (χ2n) is 3.18. The molecule has 0 rings (SSSR count). The minimum absolute atomic E-state index is 0.334. The summed E-state index contributed by atoms with van der Waals surface area (Å²) < 4.78 is 0. The van der Waals surface area contributed by atoms with Crippen LogP contribution in [-0.4, -0.2) is 36.2 Å². The van der Waals surface area contributed by atoms with Crippen molar-refractivity contribution in [1.82, 2.24) is 10.2 Å². The second-order valence-corrected chi connectivity index (χ2v) is 3.18. The Bertz CT molecular complexity index is 143. The number of nitrogens with zero attached hydrogens (tertiary/aromatic N) is 1. The van der Waals surface area contributed by atoms with Crippen molar-refractivity contribution in [2.24, 2.45) is 0 Å². The Morgan fingerprint density at radius 3 is 2.58 bits per heavy atom. The highest BCUT2D eigenvalue weighted by Crippen LogP contribution is 1.93. The van der Waals surface area contributed by atoms with Gasteiger partial charge < -0.3 is 15.3 Å². The molecule has 72 valence electrons. The van der Waals surface area contributed by atoms with Crippen LogP contribution in [0.15, 0.2) is 12.0 Å². The topological polar surface area (TPSA) is 35.5 Å². The molecule has 2 N–H and O–H groups in total. The smallest absolute Gasteiger partial charge is 0.182 e. The summed E-state index contributed by atoms with van der Waals surface area (Å²) >= 11 is 0. The average Bonchev–Trinajstić information content (AvgIpc) is 2.02. The van der Waals surface area contributed by atoms with E-state index in [-0.39, 0.29) is 0 Å². The number of aliphatic hydroxyl groups is 1. The van der Waals surface area contributed by atoms with Crippen molar-refractivity contribution in [2.45, 2.75) is 26.8 Å². The van der Waals surface area contributed by atoms with E-state index in [0.29, 0.717) is 11.9 Å². The number of likely N-dealkylation sites (N-methyl/N-ethyl adjacent to an activating group) is 1. The van der Waals surface area contributed by atoms with Crippen molar-refractivity contribution in [2.75, 3.05) is 20.1 Å². The molecule has 0 aromatic carbocycles. The van der Waals surface area contributed by atoms with Crippen LogP contribution in [0.3, 0.4) is 0 Å². The van der Waals surface area contributed by atoms with Gasteiger partial charge in [-0.3, -0.25) is 0 Å². The molecule has 3 nitrogen and oxygen atoms in total. The zero-order valence-corrected chi connectivity index (χ0v) is 8.46. The fraction of sp³-hybridized carbons (Fsp3) is 0.778. The molecule has 0 unspecified atom stereocenters. The summed E-state index contributed by atoms with van der Waals surface area (Å²) in [6.07, 6.45) is 1.69. The van der Waals surface area contributed by atoms with Gasteiger partial charge in [0.15, 0.2) is 5.88 Å².